The van der Waals surface area contributed by atoms with E-state index in [9.17, 15) is 14.9 Å². The molecule has 1 aliphatic rings. The van der Waals surface area contributed by atoms with E-state index >= 15 is 0 Å². The number of carbonyl (C=O) groups excluding carboxylic acids is 1. The van der Waals surface area contributed by atoms with Crippen LogP contribution >= 0.6 is 27.5 Å². The quantitative estimate of drug-likeness (QED) is 0.397. The van der Waals surface area contributed by atoms with E-state index in [1.54, 1.807) is 13.2 Å². The molecular formula is C17H12BrClN2O5. The summed E-state index contributed by atoms with van der Waals surface area (Å²) in [5.74, 6) is -0.169. The van der Waals surface area contributed by atoms with Crippen molar-refractivity contribution >= 4 is 44.9 Å². The van der Waals surface area contributed by atoms with Crippen molar-refractivity contribution < 1.29 is 19.3 Å². The Kier molecular flexibility index (Phi) is 5.24. The van der Waals surface area contributed by atoms with Crippen LogP contribution < -0.4 is 4.74 Å². The van der Waals surface area contributed by atoms with Gasteiger partial charge in [0.1, 0.15) is 10.8 Å². The van der Waals surface area contributed by atoms with Crippen LogP contribution in [0.2, 0.25) is 5.02 Å². The number of methoxy groups -OCH3 is 1. The molecule has 0 saturated heterocycles. The number of fused-ring (bicyclic) bond motifs is 1. The molecular weight excluding hydrogens is 428 g/mol. The summed E-state index contributed by atoms with van der Waals surface area (Å²) in [6.45, 7) is 0. The molecule has 2 aromatic rings. The second-order valence-corrected chi connectivity index (χ2v) is 6.70. The smallest absolute Gasteiger partial charge is 0.365 e. The maximum absolute atomic E-state index is 12.2. The monoisotopic (exact) mass is 438 g/mol. The van der Waals surface area contributed by atoms with E-state index < -0.39 is 10.9 Å². The first kappa shape index (κ1) is 18.3. The Bertz CT molecular complexity index is 945. The Morgan fingerprint density at radius 3 is 2.77 bits per heavy atom. The van der Waals surface area contributed by atoms with Crippen LogP contribution in [0.15, 0.2) is 40.0 Å². The van der Waals surface area contributed by atoms with Crippen LogP contribution in [0.25, 0.3) is 0 Å². The first-order valence-electron chi connectivity index (χ1n) is 7.50. The molecule has 9 heteroatoms. The first-order valence-corrected chi connectivity index (χ1v) is 8.67. The molecule has 0 aliphatic heterocycles. The Morgan fingerprint density at radius 1 is 1.31 bits per heavy atom. The number of carbonyl (C=O) groups is 1. The number of hydrogen-bond donors (Lipinski definition) is 0. The highest BCUT2D eigenvalue weighted by molar-refractivity contribution is 9.10. The topological polar surface area (TPSA) is 91.0 Å². The summed E-state index contributed by atoms with van der Waals surface area (Å²) >= 11 is 9.23. The van der Waals surface area contributed by atoms with Gasteiger partial charge in [-0.15, -0.1) is 0 Å². The standard InChI is InChI=1S/C17H12BrClN2O5/c1-25-15-7-4-11(18)10-3-6-13(16(10)15)20-26-17(22)9-2-5-12(19)14(8-9)21(23)24/h2,4-5,7-8H,3,6H2,1H3/b20-13-. The molecule has 0 unspecified atom stereocenters. The molecule has 0 fully saturated rings. The summed E-state index contributed by atoms with van der Waals surface area (Å²) in [5, 5.41) is 14.8. The number of nitro groups is 1. The Labute approximate surface area is 161 Å². The number of oxime groups is 1. The second-order valence-electron chi connectivity index (χ2n) is 5.44. The fourth-order valence-corrected chi connectivity index (χ4v) is 3.44. The maximum atomic E-state index is 12.2. The molecule has 0 N–H and O–H groups in total. The lowest BCUT2D eigenvalue weighted by Crippen LogP contribution is -2.06. The van der Waals surface area contributed by atoms with Crippen molar-refractivity contribution in [3.8, 4) is 5.75 Å². The average molecular weight is 440 g/mol. The molecule has 1 aliphatic carbocycles. The van der Waals surface area contributed by atoms with Crippen molar-refractivity contribution in [3.05, 3.63) is 66.6 Å². The normalized spacial score (nSPS) is 14.2. The van der Waals surface area contributed by atoms with E-state index in [-0.39, 0.29) is 16.3 Å². The van der Waals surface area contributed by atoms with Crippen LogP contribution in [0.1, 0.15) is 27.9 Å². The number of halogens is 2. The van der Waals surface area contributed by atoms with Gasteiger partial charge in [-0.05, 0) is 42.7 Å². The van der Waals surface area contributed by atoms with E-state index in [1.165, 1.54) is 12.1 Å². The molecule has 134 valence electrons. The summed E-state index contributed by atoms with van der Waals surface area (Å²) in [6, 6.07) is 7.37. The number of ether oxygens (including phenoxy) is 1. The van der Waals surface area contributed by atoms with E-state index in [4.69, 9.17) is 21.2 Å². The Balaban J connectivity index is 1.87. The SMILES string of the molecule is COc1ccc(Br)c2c1/C(=N\OC(=O)c1ccc(Cl)c([N+](=O)[O-])c1)CC2. The first-order chi connectivity index (χ1) is 12.4. The predicted octanol–water partition coefficient (Wildman–Crippen LogP) is 4.53. The maximum Gasteiger partial charge on any atom is 0.365 e. The van der Waals surface area contributed by atoms with Gasteiger partial charge in [0.2, 0.25) is 0 Å². The van der Waals surface area contributed by atoms with Gasteiger partial charge in [0.05, 0.1) is 23.3 Å². The number of nitrogens with zero attached hydrogens (tertiary/aromatic N) is 2. The van der Waals surface area contributed by atoms with Crippen molar-refractivity contribution in [2.45, 2.75) is 12.8 Å². The molecule has 2 aromatic carbocycles. The number of rotatable bonds is 4. The number of hydrogen-bond acceptors (Lipinski definition) is 6. The van der Waals surface area contributed by atoms with Gasteiger partial charge in [-0.25, -0.2) is 4.79 Å². The van der Waals surface area contributed by atoms with Crippen LogP contribution in [-0.2, 0) is 11.3 Å². The minimum absolute atomic E-state index is 0.00937. The minimum Gasteiger partial charge on any atom is -0.496 e. The van der Waals surface area contributed by atoms with Gasteiger partial charge >= 0.3 is 5.97 Å². The second kappa shape index (κ2) is 7.43. The highest BCUT2D eigenvalue weighted by Gasteiger charge is 2.26. The van der Waals surface area contributed by atoms with Crippen LogP contribution in [0, 0.1) is 10.1 Å². The molecule has 0 bridgehead atoms. The molecule has 26 heavy (non-hydrogen) atoms. The van der Waals surface area contributed by atoms with Crippen molar-refractivity contribution in [2.24, 2.45) is 5.16 Å². The summed E-state index contributed by atoms with van der Waals surface area (Å²) < 4.78 is 6.29. The summed E-state index contributed by atoms with van der Waals surface area (Å²) in [6.07, 6.45) is 1.32. The molecule has 0 radical (unpaired) electrons. The van der Waals surface area contributed by atoms with E-state index in [0.717, 1.165) is 28.1 Å². The van der Waals surface area contributed by atoms with Crippen molar-refractivity contribution in [2.75, 3.05) is 7.11 Å². The zero-order valence-corrected chi connectivity index (χ0v) is 15.8. The van der Waals surface area contributed by atoms with Gasteiger partial charge in [0.25, 0.3) is 5.69 Å². The molecule has 0 aromatic heterocycles. The van der Waals surface area contributed by atoms with Gasteiger partial charge in [-0.2, -0.15) is 0 Å². The Hall–Kier alpha value is -2.45. The lowest BCUT2D eigenvalue weighted by molar-refractivity contribution is -0.384. The fraction of sp³-hybridized carbons (Fsp3) is 0.176. The summed E-state index contributed by atoms with van der Waals surface area (Å²) in [5.41, 5.74) is 2.02. The van der Waals surface area contributed by atoms with Gasteiger partial charge in [0.15, 0.2) is 0 Å². The lowest BCUT2D eigenvalue weighted by atomic mass is 10.1. The predicted molar refractivity (Wildman–Crippen MR) is 99.1 cm³/mol. The highest BCUT2D eigenvalue weighted by Crippen LogP contribution is 2.36. The number of nitro benzene ring substituents is 1. The van der Waals surface area contributed by atoms with Gasteiger partial charge in [-0.1, -0.05) is 32.7 Å². The largest absolute Gasteiger partial charge is 0.496 e. The van der Waals surface area contributed by atoms with Crippen LogP contribution in [-0.4, -0.2) is 23.7 Å². The van der Waals surface area contributed by atoms with Gasteiger partial charge in [-0.3, -0.25) is 10.1 Å². The van der Waals surface area contributed by atoms with Gasteiger partial charge in [0, 0.05) is 16.1 Å². The van der Waals surface area contributed by atoms with E-state index in [2.05, 4.69) is 21.1 Å². The molecule has 3 rings (SSSR count). The fourth-order valence-electron chi connectivity index (χ4n) is 2.72. The van der Waals surface area contributed by atoms with Crippen molar-refractivity contribution in [1.29, 1.82) is 0 Å². The lowest BCUT2D eigenvalue weighted by Gasteiger charge is -2.09. The third-order valence-electron chi connectivity index (χ3n) is 3.96. The van der Waals surface area contributed by atoms with Gasteiger partial charge < -0.3 is 9.57 Å². The van der Waals surface area contributed by atoms with E-state index in [0.29, 0.717) is 17.9 Å². The van der Waals surface area contributed by atoms with Crippen LogP contribution in [0.3, 0.4) is 0 Å². The van der Waals surface area contributed by atoms with Crippen molar-refractivity contribution in [1.82, 2.24) is 0 Å². The third kappa shape index (κ3) is 3.42. The molecule has 7 nitrogen and oxygen atoms in total. The number of benzene rings is 2. The molecule has 0 spiro atoms. The zero-order chi connectivity index (χ0) is 18.8. The third-order valence-corrected chi connectivity index (χ3v) is 5.02. The average Bonchev–Trinajstić information content (AvgIpc) is 3.05. The molecule has 0 saturated carbocycles. The summed E-state index contributed by atoms with van der Waals surface area (Å²) in [4.78, 5) is 27.4. The minimum atomic E-state index is -0.806. The highest BCUT2D eigenvalue weighted by atomic mass is 79.9. The van der Waals surface area contributed by atoms with Crippen molar-refractivity contribution in [3.63, 3.8) is 0 Å². The summed E-state index contributed by atoms with van der Waals surface area (Å²) in [7, 11) is 1.55. The molecule has 0 amide bonds. The Morgan fingerprint density at radius 2 is 2.08 bits per heavy atom. The van der Waals surface area contributed by atoms with Crippen LogP contribution in [0.5, 0.6) is 5.75 Å². The zero-order valence-electron chi connectivity index (χ0n) is 13.5. The van der Waals surface area contributed by atoms with E-state index in [1.807, 2.05) is 6.07 Å². The molecule has 0 atom stereocenters. The van der Waals surface area contributed by atoms with Crippen LogP contribution in [0.4, 0.5) is 5.69 Å². The molecule has 0 heterocycles.